The van der Waals surface area contributed by atoms with Crippen LogP contribution in [-0.4, -0.2) is 38.2 Å². The summed E-state index contributed by atoms with van der Waals surface area (Å²) in [6.07, 6.45) is 2.41. The predicted molar refractivity (Wildman–Crippen MR) is 106 cm³/mol. The van der Waals surface area contributed by atoms with E-state index in [4.69, 9.17) is 10.5 Å². The Hall–Kier alpha value is -3.63. The molecule has 2 aromatic heterocycles. The zero-order valence-electron chi connectivity index (χ0n) is 16.6. The van der Waals surface area contributed by atoms with Gasteiger partial charge < -0.3 is 21.1 Å². The van der Waals surface area contributed by atoms with Gasteiger partial charge >= 0.3 is 11.8 Å². The summed E-state index contributed by atoms with van der Waals surface area (Å²) in [5.74, 6) is -0.921. The van der Waals surface area contributed by atoms with E-state index in [2.05, 4.69) is 20.6 Å². The van der Waals surface area contributed by atoms with Crippen LogP contribution >= 0.6 is 0 Å². The van der Waals surface area contributed by atoms with E-state index in [1.54, 1.807) is 45.3 Å². The first kappa shape index (κ1) is 21.7. The van der Waals surface area contributed by atoms with Crippen molar-refractivity contribution in [1.29, 1.82) is 0 Å². The fourth-order valence-electron chi connectivity index (χ4n) is 2.38. The average Bonchev–Trinajstić information content (AvgIpc) is 2.62. The third-order valence-electron chi connectivity index (χ3n) is 3.81. The lowest BCUT2D eigenvalue weighted by atomic mass is 10.1. The maximum absolute atomic E-state index is 12.8. The molecule has 11 heteroatoms. The number of amides is 2. The lowest BCUT2D eigenvalue weighted by Crippen LogP contribution is -2.48. The molecule has 5 N–H and O–H groups in total. The number of alkyl carbamates (subject to hydrolysis) is 1. The van der Waals surface area contributed by atoms with Crippen molar-refractivity contribution in [2.45, 2.75) is 38.8 Å². The quantitative estimate of drug-likeness (QED) is 0.550. The third kappa shape index (κ3) is 5.92. The number of hydrogen-bond donors (Lipinski definition) is 4. The van der Waals surface area contributed by atoms with E-state index in [1.807, 2.05) is 0 Å². The molecule has 0 radical (unpaired) electrons. The summed E-state index contributed by atoms with van der Waals surface area (Å²) in [4.78, 5) is 54.6. The second-order valence-corrected chi connectivity index (χ2v) is 7.33. The number of hydrogen-bond acceptors (Lipinski definition) is 7. The van der Waals surface area contributed by atoms with Crippen LogP contribution < -0.4 is 27.6 Å². The van der Waals surface area contributed by atoms with E-state index in [0.29, 0.717) is 0 Å². The Labute approximate surface area is 166 Å². The van der Waals surface area contributed by atoms with Crippen LogP contribution in [0.4, 0.5) is 16.3 Å². The van der Waals surface area contributed by atoms with E-state index in [-0.39, 0.29) is 17.9 Å². The van der Waals surface area contributed by atoms with Crippen molar-refractivity contribution in [3.8, 4) is 0 Å². The van der Waals surface area contributed by atoms with Gasteiger partial charge in [0.1, 0.15) is 23.1 Å². The Bertz CT molecular complexity index is 1010. The summed E-state index contributed by atoms with van der Waals surface area (Å²) in [7, 11) is 1.34. The number of pyridine rings is 1. The van der Waals surface area contributed by atoms with Crippen LogP contribution in [0, 0.1) is 0 Å². The third-order valence-corrected chi connectivity index (χ3v) is 3.81. The van der Waals surface area contributed by atoms with Crippen LogP contribution in [0.1, 0.15) is 26.3 Å². The number of carbonyl (C=O) groups excluding carboxylic acids is 2. The molecule has 0 aliphatic carbocycles. The van der Waals surface area contributed by atoms with Crippen molar-refractivity contribution in [1.82, 2.24) is 19.9 Å². The monoisotopic (exact) mass is 404 g/mol. The highest BCUT2D eigenvalue weighted by atomic mass is 16.6. The molecule has 0 aliphatic rings. The fraction of sp³-hybridized carbons (Fsp3) is 0.389. The number of carbonyl (C=O) groups is 2. The van der Waals surface area contributed by atoms with Crippen LogP contribution in [0.3, 0.4) is 0 Å². The molecule has 0 fully saturated rings. The molecular weight excluding hydrogens is 380 g/mol. The summed E-state index contributed by atoms with van der Waals surface area (Å²) in [5, 5.41) is 4.87. The normalized spacial score (nSPS) is 12.1. The Kier molecular flexibility index (Phi) is 6.42. The topological polar surface area (TPSA) is 161 Å². The van der Waals surface area contributed by atoms with Crippen LogP contribution in [0.15, 0.2) is 34.1 Å². The first-order valence-corrected chi connectivity index (χ1v) is 8.76. The van der Waals surface area contributed by atoms with Crippen molar-refractivity contribution < 1.29 is 14.3 Å². The number of nitrogens with two attached hydrogens (primary N) is 1. The number of rotatable bonds is 5. The van der Waals surface area contributed by atoms with E-state index >= 15 is 0 Å². The SMILES string of the molecule is Cn1c(N)c(NC(=O)[C@@H](Cc2ccncc2)NC(=O)OC(C)(C)C)c(=O)[nH]c1=O. The van der Waals surface area contributed by atoms with Gasteiger partial charge in [0.2, 0.25) is 5.91 Å². The minimum atomic E-state index is -1.08. The molecule has 0 aliphatic heterocycles. The number of nitrogen functional groups attached to an aromatic ring is 1. The highest BCUT2D eigenvalue weighted by Crippen LogP contribution is 2.12. The van der Waals surface area contributed by atoms with Crippen molar-refractivity contribution in [2.24, 2.45) is 7.05 Å². The standard InChI is InChI=1S/C18H24N6O5/c1-18(2,3)29-17(28)21-11(9-10-5-7-20-8-6-10)14(25)22-12-13(19)24(4)16(27)23-15(12)26/h5-8,11H,9,19H2,1-4H3,(H,21,28)(H,22,25)(H,23,26,27)/t11-/m1/s1. The second-order valence-electron chi connectivity index (χ2n) is 7.33. The van der Waals surface area contributed by atoms with Gasteiger partial charge in [-0.2, -0.15) is 0 Å². The number of ether oxygens (including phenoxy) is 1. The van der Waals surface area contributed by atoms with E-state index in [1.165, 1.54) is 7.05 Å². The minimum Gasteiger partial charge on any atom is -0.444 e. The largest absolute Gasteiger partial charge is 0.444 e. The van der Waals surface area contributed by atoms with Crippen molar-refractivity contribution in [3.63, 3.8) is 0 Å². The molecule has 2 rings (SSSR count). The first-order chi connectivity index (χ1) is 13.5. The number of nitrogens with zero attached hydrogens (tertiary/aromatic N) is 2. The van der Waals surface area contributed by atoms with Gasteiger partial charge in [0.15, 0.2) is 0 Å². The highest BCUT2D eigenvalue weighted by molar-refractivity contribution is 5.98. The Morgan fingerprint density at radius 3 is 2.48 bits per heavy atom. The molecule has 0 spiro atoms. The molecule has 29 heavy (non-hydrogen) atoms. The zero-order valence-corrected chi connectivity index (χ0v) is 16.6. The molecule has 0 bridgehead atoms. The summed E-state index contributed by atoms with van der Waals surface area (Å²) in [5.41, 5.74) is 3.88. The van der Waals surface area contributed by atoms with Gasteiger partial charge in [0.25, 0.3) is 5.56 Å². The molecular formula is C18H24N6O5. The maximum Gasteiger partial charge on any atom is 0.408 e. The summed E-state index contributed by atoms with van der Waals surface area (Å²) < 4.78 is 6.19. The Morgan fingerprint density at radius 1 is 1.28 bits per heavy atom. The summed E-state index contributed by atoms with van der Waals surface area (Å²) in [6.45, 7) is 5.07. The average molecular weight is 404 g/mol. The molecule has 156 valence electrons. The molecule has 0 aromatic carbocycles. The number of aromatic amines is 1. The maximum atomic E-state index is 12.8. The van der Waals surface area contributed by atoms with Gasteiger partial charge in [-0.05, 0) is 38.5 Å². The van der Waals surface area contributed by atoms with Crippen molar-refractivity contribution in [2.75, 3.05) is 11.1 Å². The summed E-state index contributed by atoms with van der Waals surface area (Å²) >= 11 is 0. The Balaban J connectivity index is 2.29. The lowest BCUT2D eigenvalue weighted by Gasteiger charge is -2.23. The van der Waals surface area contributed by atoms with Crippen LogP contribution in [-0.2, 0) is 23.0 Å². The van der Waals surface area contributed by atoms with Gasteiger partial charge in [-0.3, -0.25) is 24.1 Å². The van der Waals surface area contributed by atoms with Gasteiger partial charge in [0, 0.05) is 25.9 Å². The van der Waals surface area contributed by atoms with Gasteiger partial charge in [-0.1, -0.05) is 0 Å². The van der Waals surface area contributed by atoms with Gasteiger partial charge in [0.05, 0.1) is 0 Å². The number of aromatic nitrogens is 3. The van der Waals surface area contributed by atoms with E-state index in [0.717, 1.165) is 10.1 Å². The molecule has 0 saturated heterocycles. The number of anilines is 2. The highest BCUT2D eigenvalue weighted by Gasteiger charge is 2.26. The fourth-order valence-corrected chi connectivity index (χ4v) is 2.38. The van der Waals surface area contributed by atoms with Crippen molar-refractivity contribution >= 4 is 23.5 Å². The van der Waals surface area contributed by atoms with Gasteiger partial charge in [-0.25, -0.2) is 9.59 Å². The molecule has 2 amide bonds. The van der Waals surface area contributed by atoms with Crippen LogP contribution in [0.25, 0.3) is 0 Å². The minimum absolute atomic E-state index is 0.108. The van der Waals surface area contributed by atoms with E-state index < -0.39 is 34.9 Å². The second kappa shape index (κ2) is 8.59. The lowest BCUT2D eigenvalue weighted by molar-refractivity contribution is -0.118. The predicted octanol–water partition coefficient (Wildman–Crippen LogP) is 0.125. The van der Waals surface area contributed by atoms with Crippen LogP contribution in [0.5, 0.6) is 0 Å². The zero-order chi connectivity index (χ0) is 21.8. The van der Waals surface area contributed by atoms with Gasteiger partial charge in [-0.15, -0.1) is 0 Å². The molecule has 0 saturated carbocycles. The molecule has 0 unspecified atom stereocenters. The molecule has 2 aromatic rings. The smallest absolute Gasteiger partial charge is 0.408 e. The number of H-pyrrole nitrogens is 1. The Morgan fingerprint density at radius 2 is 1.90 bits per heavy atom. The molecule has 1 atom stereocenters. The van der Waals surface area contributed by atoms with Crippen LogP contribution in [0.2, 0.25) is 0 Å². The molecule has 2 heterocycles. The molecule has 11 nitrogen and oxygen atoms in total. The first-order valence-electron chi connectivity index (χ1n) is 8.76. The van der Waals surface area contributed by atoms with E-state index in [9.17, 15) is 19.2 Å². The summed E-state index contributed by atoms with van der Waals surface area (Å²) in [6, 6.07) is 2.29. The van der Waals surface area contributed by atoms with Crippen molar-refractivity contribution in [3.05, 3.63) is 50.9 Å². The number of nitrogens with one attached hydrogen (secondary N) is 3.